The maximum absolute atomic E-state index is 14.4. The monoisotopic (exact) mass is 372 g/mol. The van der Waals surface area contributed by atoms with Crippen LogP contribution in [0.1, 0.15) is 30.1 Å². The second-order valence-electron chi connectivity index (χ2n) is 6.45. The molecule has 1 fully saturated rings. The van der Waals surface area contributed by atoms with Crippen molar-refractivity contribution in [3.8, 4) is 5.75 Å². The average Bonchev–Trinajstić information content (AvgIpc) is 2.69. The van der Waals surface area contributed by atoms with Crippen LogP contribution in [0.3, 0.4) is 0 Å². The maximum atomic E-state index is 14.4. The van der Waals surface area contributed by atoms with Gasteiger partial charge < -0.3 is 19.7 Å². The summed E-state index contributed by atoms with van der Waals surface area (Å²) in [5.41, 5.74) is 1.46. The summed E-state index contributed by atoms with van der Waals surface area (Å²) in [6, 6.07) is 11.7. The van der Waals surface area contributed by atoms with Crippen LogP contribution in [0.15, 0.2) is 42.5 Å². The summed E-state index contributed by atoms with van der Waals surface area (Å²) in [4.78, 5) is 14.3. The Morgan fingerprint density at radius 3 is 2.59 bits per heavy atom. The number of carbonyl (C=O) groups is 1. The first-order valence-electron chi connectivity index (χ1n) is 9.34. The number of nitrogens with zero attached hydrogens (tertiary/aromatic N) is 1. The number of unbranched alkanes of at least 4 members (excludes halogenated alkanes) is 1. The highest BCUT2D eigenvalue weighted by Crippen LogP contribution is 2.24. The number of benzene rings is 2. The van der Waals surface area contributed by atoms with E-state index in [1.54, 1.807) is 36.4 Å². The van der Waals surface area contributed by atoms with E-state index in [-0.39, 0.29) is 11.7 Å². The summed E-state index contributed by atoms with van der Waals surface area (Å²) in [5.74, 6) is 0.101. The fraction of sp³-hybridized carbons (Fsp3) is 0.381. The molecule has 144 valence electrons. The Hall–Kier alpha value is -2.60. The van der Waals surface area contributed by atoms with Crippen LogP contribution < -0.4 is 15.0 Å². The van der Waals surface area contributed by atoms with Gasteiger partial charge in [-0.3, -0.25) is 4.79 Å². The van der Waals surface area contributed by atoms with Crippen molar-refractivity contribution in [2.45, 2.75) is 19.8 Å². The molecule has 0 spiro atoms. The van der Waals surface area contributed by atoms with Crippen LogP contribution >= 0.6 is 0 Å². The molecule has 0 aromatic heterocycles. The standard InChI is InChI=1S/C21H25FN2O3/c1-2-3-12-27-18-7-4-16(5-8-18)21(25)23-17-6-9-20(19(22)15-17)24-10-13-26-14-11-24/h4-9,15H,2-3,10-14H2,1H3,(H,23,25). The van der Waals surface area contributed by atoms with Crippen molar-refractivity contribution >= 4 is 17.3 Å². The smallest absolute Gasteiger partial charge is 0.255 e. The quantitative estimate of drug-likeness (QED) is 0.744. The van der Waals surface area contributed by atoms with Crippen LogP contribution in [-0.2, 0) is 4.74 Å². The molecule has 1 heterocycles. The number of anilines is 2. The summed E-state index contributed by atoms with van der Waals surface area (Å²) < 4.78 is 25.3. The van der Waals surface area contributed by atoms with E-state index in [0.717, 1.165) is 18.6 Å². The molecule has 27 heavy (non-hydrogen) atoms. The summed E-state index contributed by atoms with van der Waals surface area (Å²) >= 11 is 0. The molecule has 3 rings (SSSR count). The van der Waals surface area contributed by atoms with E-state index in [0.29, 0.717) is 49.8 Å². The van der Waals surface area contributed by atoms with Crippen LogP contribution in [0, 0.1) is 5.82 Å². The van der Waals surface area contributed by atoms with Crippen LogP contribution in [0.4, 0.5) is 15.8 Å². The van der Waals surface area contributed by atoms with E-state index in [9.17, 15) is 9.18 Å². The largest absolute Gasteiger partial charge is 0.494 e. The van der Waals surface area contributed by atoms with Crippen molar-refractivity contribution in [2.24, 2.45) is 0 Å². The minimum absolute atomic E-state index is 0.284. The number of halogens is 1. The van der Waals surface area contributed by atoms with Gasteiger partial charge in [-0.1, -0.05) is 13.3 Å². The molecule has 2 aromatic carbocycles. The first kappa shape index (κ1) is 19.2. The van der Waals surface area contributed by atoms with E-state index < -0.39 is 0 Å². The second kappa shape index (κ2) is 9.37. The molecule has 1 aliphatic rings. The van der Waals surface area contributed by atoms with Crippen molar-refractivity contribution in [1.82, 2.24) is 0 Å². The predicted octanol–water partition coefficient (Wildman–Crippen LogP) is 4.09. The Labute approximate surface area is 159 Å². The number of nitrogens with one attached hydrogen (secondary N) is 1. The summed E-state index contributed by atoms with van der Waals surface area (Å²) in [5, 5.41) is 2.74. The molecule has 5 nitrogen and oxygen atoms in total. The minimum Gasteiger partial charge on any atom is -0.494 e. The first-order chi connectivity index (χ1) is 13.2. The minimum atomic E-state index is -0.352. The number of carbonyl (C=O) groups excluding carboxylic acids is 1. The lowest BCUT2D eigenvalue weighted by Crippen LogP contribution is -2.36. The molecule has 0 atom stereocenters. The van der Waals surface area contributed by atoms with Gasteiger partial charge in [0.25, 0.3) is 5.91 Å². The third-order valence-electron chi connectivity index (χ3n) is 4.44. The van der Waals surface area contributed by atoms with E-state index in [1.807, 2.05) is 4.90 Å². The van der Waals surface area contributed by atoms with Gasteiger partial charge in [-0.2, -0.15) is 0 Å². The van der Waals surface area contributed by atoms with Crippen LogP contribution in [0.5, 0.6) is 5.75 Å². The Morgan fingerprint density at radius 2 is 1.93 bits per heavy atom. The van der Waals surface area contributed by atoms with Crippen LogP contribution in [-0.4, -0.2) is 38.8 Å². The highest BCUT2D eigenvalue weighted by molar-refractivity contribution is 6.04. The highest BCUT2D eigenvalue weighted by Gasteiger charge is 2.16. The van der Waals surface area contributed by atoms with Crippen molar-refractivity contribution in [3.05, 3.63) is 53.8 Å². The molecular formula is C21H25FN2O3. The van der Waals surface area contributed by atoms with Gasteiger partial charge in [0.15, 0.2) is 0 Å². The molecule has 1 amide bonds. The third kappa shape index (κ3) is 5.20. The van der Waals surface area contributed by atoms with Crippen LogP contribution in [0.25, 0.3) is 0 Å². The number of rotatable bonds is 7. The lowest BCUT2D eigenvalue weighted by Gasteiger charge is -2.29. The molecule has 6 heteroatoms. The van der Waals surface area contributed by atoms with Gasteiger partial charge >= 0.3 is 0 Å². The maximum Gasteiger partial charge on any atom is 0.255 e. The third-order valence-corrected chi connectivity index (χ3v) is 4.44. The average molecular weight is 372 g/mol. The summed E-state index contributed by atoms with van der Waals surface area (Å²) in [6.07, 6.45) is 2.07. The Morgan fingerprint density at radius 1 is 1.19 bits per heavy atom. The van der Waals surface area contributed by atoms with Gasteiger partial charge in [0.2, 0.25) is 0 Å². The number of hydrogen-bond donors (Lipinski definition) is 1. The fourth-order valence-corrected chi connectivity index (χ4v) is 2.89. The molecule has 1 N–H and O–H groups in total. The number of hydrogen-bond acceptors (Lipinski definition) is 4. The zero-order chi connectivity index (χ0) is 19.1. The second-order valence-corrected chi connectivity index (χ2v) is 6.45. The normalized spacial score (nSPS) is 14.1. The number of ether oxygens (including phenoxy) is 2. The van der Waals surface area contributed by atoms with Gasteiger partial charge in [0.05, 0.1) is 25.5 Å². The number of morpholine rings is 1. The van der Waals surface area contributed by atoms with Gasteiger partial charge in [-0.05, 0) is 48.9 Å². The molecule has 0 bridgehead atoms. The van der Waals surface area contributed by atoms with Gasteiger partial charge in [0, 0.05) is 24.3 Å². The molecular weight excluding hydrogens is 347 g/mol. The SMILES string of the molecule is CCCCOc1ccc(C(=O)Nc2ccc(N3CCOCC3)c(F)c2)cc1. The van der Waals surface area contributed by atoms with Crippen LogP contribution in [0.2, 0.25) is 0 Å². The lowest BCUT2D eigenvalue weighted by atomic mass is 10.2. The first-order valence-corrected chi connectivity index (χ1v) is 9.34. The van der Waals surface area contributed by atoms with Gasteiger partial charge in [0.1, 0.15) is 11.6 Å². The summed E-state index contributed by atoms with van der Waals surface area (Å²) in [7, 11) is 0. The zero-order valence-corrected chi connectivity index (χ0v) is 15.5. The molecule has 1 aliphatic heterocycles. The van der Waals surface area contributed by atoms with E-state index >= 15 is 0 Å². The molecule has 0 aliphatic carbocycles. The molecule has 2 aromatic rings. The Bertz CT molecular complexity index is 759. The van der Waals surface area contributed by atoms with Crippen molar-refractivity contribution in [2.75, 3.05) is 43.1 Å². The van der Waals surface area contributed by atoms with E-state index in [1.165, 1.54) is 6.07 Å². The lowest BCUT2D eigenvalue weighted by molar-refractivity contribution is 0.102. The van der Waals surface area contributed by atoms with Gasteiger partial charge in [-0.25, -0.2) is 4.39 Å². The number of amides is 1. The van der Waals surface area contributed by atoms with E-state index in [2.05, 4.69) is 12.2 Å². The molecule has 0 radical (unpaired) electrons. The van der Waals surface area contributed by atoms with Crippen molar-refractivity contribution in [3.63, 3.8) is 0 Å². The highest BCUT2D eigenvalue weighted by atomic mass is 19.1. The predicted molar refractivity (Wildman–Crippen MR) is 104 cm³/mol. The van der Waals surface area contributed by atoms with Crippen molar-refractivity contribution < 1.29 is 18.7 Å². The van der Waals surface area contributed by atoms with Crippen molar-refractivity contribution in [1.29, 1.82) is 0 Å². The van der Waals surface area contributed by atoms with E-state index in [4.69, 9.17) is 9.47 Å². The topological polar surface area (TPSA) is 50.8 Å². The summed E-state index contributed by atoms with van der Waals surface area (Å²) in [6.45, 7) is 5.28. The molecule has 1 saturated heterocycles. The zero-order valence-electron chi connectivity index (χ0n) is 15.5. The Balaban J connectivity index is 1.61. The van der Waals surface area contributed by atoms with Gasteiger partial charge in [-0.15, -0.1) is 0 Å². The molecule has 0 saturated carbocycles. The Kier molecular flexibility index (Phi) is 6.65. The molecule has 0 unspecified atom stereocenters. The fourth-order valence-electron chi connectivity index (χ4n) is 2.89.